The van der Waals surface area contributed by atoms with Gasteiger partial charge in [-0.1, -0.05) is 54.4 Å². The number of H-pyrrole nitrogens is 1. The summed E-state index contributed by atoms with van der Waals surface area (Å²) in [5.74, 6) is 1.08. The van der Waals surface area contributed by atoms with Gasteiger partial charge in [0.05, 0.1) is 24.1 Å². The average molecular weight is 412 g/mol. The summed E-state index contributed by atoms with van der Waals surface area (Å²) >= 11 is 0. The number of aromatic amines is 1. The lowest BCUT2D eigenvalue weighted by Crippen LogP contribution is -2.34. The standard InChI is InChI=1S/C11H13FN2.C6H11NO2.C4H10.C2H6.H2/c1-5(2)8-6-3-7(6)9(12)11-10(8)13-4-14-11;1-9-6(8)7-4-2-3-5-7;1-3-4-2;1-2;/h4-7H,3H2,1-2H3,(H,13,14);2-5H2,1H3;3-4H2,1-2H3;1-2H3;1H. The second-order valence-corrected chi connectivity index (χ2v) is 7.70. The monoisotopic (exact) mass is 411 g/mol. The highest BCUT2D eigenvalue weighted by Crippen LogP contribution is 2.52. The molecule has 0 spiro atoms. The Hall–Kier alpha value is -1.85. The SMILES string of the molecule is CC.CC(C)C1=c2nc[nH]c2=C(F)C2CC12.CCCC.COC(=O)N1CCCC1.[HH]. The normalized spacial score (nSPS) is 20.9. The van der Waals surface area contributed by atoms with Crippen LogP contribution in [0, 0.1) is 17.8 Å². The van der Waals surface area contributed by atoms with Crippen LogP contribution in [0.25, 0.3) is 11.4 Å². The van der Waals surface area contributed by atoms with Crippen LogP contribution in [0.5, 0.6) is 0 Å². The zero-order valence-electron chi connectivity index (χ0n) is 19.3. The van der Waals surface area contributed by atoms with Gasteiger partial charge < -0.3 is 14.6 Å². The summed E-state index contributed by atoms with van der Waals surface area (Å²) in [7, 11) is 1.42. The zero-order chi connectivity index (χ0) is 22.0. The minimum absolute atomic E-state index is 0. The Morgan fingerprint density at radius 3 is 2.34 bits per heavy atom. The van der Waals surface area contributed by atoms with Crippen LogP contribution in [0.3, 0.4) is 0 Å². The number of hydrogen-bond acceptors (Lipinski definition) is 3. The lowest BCUT2D eigenvalue weighted by Gasteiger charge is -2.12. The van der Waals surface area contributed by atoms with Gasteiger partial charge in [-0.05, 0) is 36.7 Å². The Labute approximate surface area is 176 Å². The third-order valence-corrected chi connectivity index (χ3v) is 5.33. The van der Waals surface area contributed by atoms with E-state index in [0.717, 1.165) is 37.7 Å². The third kappa shape index (κ3) is 6.58. The molecule has 0 aromatic carbocycles. The van der Waals surface area contributed by atoms with Crippen LogP contribution in [0.2, 0.25) is 0 Å². The largest absolute Gasteiger partial charge is 0.453 e. The molecule has 29 heavy (non-hydrogen) atoms. The number of hydrogen-bond donors (Lipinski definition) is 1. The predicted octanol–water partition coefficient (Wildman–Crippen LogP) is 4.87. The number of rotatable bonds is 2. The second-order valence-electron chi connectivity index (χ2n) is 7.70. The summed E-state index contributed by atoms with van der Waals surface area (Å²) in [5.41, 5.74) is 1.34. The summed E-state index contributed by atoms with van der Waals surface area (Å²) in [5, 5.41) is 1.50. The first-order valence-corrected chi connectivity index (χ1v) is 11.2. The molecule has 0 bridgehead atoms. The number of amides is 1. The fourth-order valence-corrected chi connectivity index (χ4v) is 3.61. The van der Waals surface area contributed by atoms with Gasteiger partial charge in [0, 0.05) is 20.4 Å². The Balaban J connectivity index is 0.000000458. The molecular formula is C23H42FN3O2. The van der Waals surface area contributed by atoms with Crippen LogP contribution in [0.1, 0.15) is 75.1 Å². The van der Waals surface area contributed by atoms with E-state index in [0.29, 0.717) is 17.2 Å². The average Bonchev–Trinajstić information content (AvgIpc) is 3.14. The second kappa shape index (κ2) is 12.7. The molecule has 1 saturated carbocycles. The molecule has 2 unspecified atom stereocenters. The Morgan fingerprint density at radius 2 is 1.86 bits per heavy atom. The number of carbonyl (C=O) groups is 1. The molecule has 6 heteroatoms. The van der Waals surface area contributed by atoms with E-state index in [1.54, 1.807) is 11.2 Å². The van der Waals surface area contributed by atoms with Crippen molar-refractivity contribution in [3.63, 3.8) is 0 Å². The third-order valence-electron chi connectivity index (χ3n) is 5.33. The van der Waals surface area contributed by atoms with E-state index in [9.17, 15) is 9.18 Å². The first-order valence-electron chi connectivity index (χ1n) is 11.2. The predicted molar refractivity (Wildman–Crippen MR) is 119 cm³/mol. The minimum atomic E-state index is -0.187. The molecule has 2 atom stereocenters. The van der Waals surface area contributed by atoms with E-state index in [1.165, 1.54) is 25.5 Å². The molecular weight excluding hydrogens is 369 g/mol. The molecule has 168 valence electrons. The molecule has 4 rings (SSSR count). The topological polar surface area (TPSA) is 58.2 Å². The molecule has 2 heterocycles. The number of ether oxygens (including phenoxy) is 1. The van der Waals surface area contributed by atoms with Gasteiger partial charge in [0.15, 0.2) is 0 Å². The maximum absolute atomic E-state index is 13.7. The van der Waals surface area contributed by atoms with Gasteiger partial charge in [0.1, 0.15) is 5.83 Å². The highest BCUT2D eigenvalue weighted by atomic mass is 19.1. The molecule has 1 saturated heterocycles. The Morgan fingerprint density at radius 1 is 1.28 bits per heavy atom. The van der Waals surface area contributed by atoms with Crippen molar-refractivity contribution in [2.24, 2.45) is 17.8 Å². The van der Waals surface area contributed by atoms with Crippen LogP contribution in [-0.4, -0.2) is 41.2 Å². The van der Waals surface area contributed by atoms with Gasteiger partial charge in [-0.2, -0.15) is 0 Å². The van der Waals surface area contributed by atoms with Crippen LogP contribution in [0.15, 0.2) is 6.33 Å². The summed E-state index contributed by atoms with van der Waals surface area (Å²) in [6, 6.07) is 0. The fraction of sp³-hybridized carbons (Fsp3) is 0.739. The van der Waals surface area contributed by atoms with Crippen molar-refractivity contribution in [3.05, 3.63) is 17.0 Å². The quantitative estimate of drug-likeness (QED) is 0.755. The molecule has 1 N–H and O–H groups in total. The molecule has 1 amide bonds. The lowest BCUT2D eigenvalue weighted by atomic mass is 9.94. The number of halogens is 1. The number of imidazole rings is 1. The van der Waals surface area contributed by atoms with Crippen molar-refractivity contribution in [3.8, 4) is 0 Å². The number of aromatic nitrogens is 2. The summed E-state index contributed by atoms with van der Waals surface area (Å²) in [6.45, 7) is 14.4. The van der Waals surface area contributed by atoms with E-state index in [-0.39, 0.29) is 19.3 Å². The number of carbonyl (C=O) groups excluding carboxylic acids is 1. The van der Waals surface area contributed by atoms with Crippen molar-refractivity contribution in [1.82, 2.24) is 14.9 Å². The van der Waals surface area contributed by atoms with Crippen LogP contribution in [-0.2, 0) is 4.74 Å². The summed E-state index contributed by atoms with van der Waals surface area (Å²) < 4.78 is 18.2. The Bertz CT molecular complexity index is 740. The van der Waals surface area contributed by atoms with Gasteiger partial charge in [-0.3, -0.25) is 0 Å². The molecule has 3 aliphatic rings. The smallest absolute Gasteiger partial charge is 0.409 e. The maximum Gasteiger partial charge on any atom is 0.409 e. The van der Waals surface area contributed by atoms with Gasteiger partial charge >= 0.3 is 6.09 Å². The summed E-state index contributed by atoms with van der Waals surface area (Å²) in [6.07, 6.45) is 7.26. The Kier molecular flexibility index (Phi) is 11.0. The van der Waals surface area contributed by atoms with E-state index < -0.39 is 0 Å². The van der Waals surface area contributed by atoms with Gasteiger partial charge in [0.25, 0.3) is 0 Å². The van der Waals surface area contributed by atoms with Crippen molar-refractivity contribution in [2.75, 3.05) is 20.2 Å². The molecule has 2 aliphatic carbocycles. The first-order chi connectivity index (χ1) is 14.0. The van der Waals surface area contributed by atoms with Crippen LogP contribution < -0.4 is 10.7 Å². The van der Waals surface area contributed by atoms with E-state index >= 15 is 0 Å². The van der Waals surface area contributed by atoms with Crippen molar-refractivity contribution in [2.45, 2.75) is 73.6 Å². The molecule has 1 aliphatic heterocycles. The lowest BCUT2D eigenvalue weighted by molar-refractivity contribution is 0.133. The number of fused-ring (bicyclic) bond motifs is 2. The maximum atomic E-state index is 13.7. The van der Waals surface area contributed by atoms with Gasteiger partial charge in [0.2, 0.25) is 0 Å². The fourth-order valence-electron chi connectivity index (χ4n) is 3.61. The summed E-state index contributed by atoms with van der Waals surface area (Å²) in [4.78, 5) is 19.6. The highest BCUT2D eigenvalue weighted by Gasteiger charge is 2.47. The highest BCUT2D eigenvalue weighted by molar-refractivity contribution is 5.67. The number of likely N-dealkylation sites (tertiary alicyclic amines) is 1. The van der Waals surface area contributed by atoms with Crippen LogP contribution in [0.4, 0.5) is 9.18 Å². The van der Waals surface area contributed by atoms with E-state index in [2.05, 4.69) is 42.4 Å². The van der Waals surface area contributed by atoms with Crippen molar-refractivity contribution in [1.29, 1.82) is 0 Å². The molecule has 1 aromatic heterocycles. The van der Waals surface area contributed by atoms with Crippen LogP contribution >= 0.6 is 0 Å². The molecule has 2 fully saturated rings. The molecule has 5 nitrogen and oxygen atoms in total. The van der Waals surface area contributed by atoms with Gasteiger partial charge in [-0.15, -0.1) is 0 Å². The van der Waals surface area contributed by atoms with Crippen molar-refractivity contribution >= 4 is 17.5 Å². The van der Waals surface area contributed by atoms with Crippen molar-refractivity contribution < 1.29 is 15.3 Å². The number of nitrogens with one attached hydrogen (secondary N) is 1. The van der Waals surface area contributed by atoms with E-state index in [1.807, 2.05) is 13.8 Å². The first kappa shape index (κ1) is 25.2. The number of methoxy groups -OCH3 is 1. The van der Waals surface area contributed by atoms with E-state index in [4.69, 9.17) is 0 Å². The minimum Gasteiger partial charge on any atom is -0.453 e. The molecule has 0 radical (unpaired) electrons. The van der Waals surface area contributed by atoms with Gasteiger partial charge in [-0.25, -0.2) is 14.2 Å². The zero-order valence-corrected chi connectivity index (χ0v) is 19.3. The molecule has 1 aromatic rings. The number of unbranched alkanes of at least 4 members (excludes halogenated alkanes) is 1. The number of nitrogens with zero attached hydrogens (tertiary/aromatic N) is 2.